The Morgan fingerprint density at radius 3 is 2.44 bits per heavy atom. The molecule has 0 saturated carbocycles. The van der Waals surface area contributed by atoms with Crippen LogP contribution in [-0.2, 0) is 10.3 Å². The van der Waals surface area contributed by atoms with E-state index in [4.69, 9.17) is 21.1 Å². The molecule has 0 radical (unpaired) electrons. The zero-order valence-corrected chi connectivity index (χ0v) is 21.6. The number of fused-ring (bicyclic) bond motifs is 8. The van der Waals surface area contributed by atoms with Crippen LogP contribution in [0.25, 0.3) is 22.9 Å². The summed E-state index contributed by atoms with van der Waals surface area (Å²) in [6, 6.07) is 29.1. The number of ether oxygens (including phenoxy) is 2. The minimum Gasteiger partial charge on any atom is -0.456 e. The first-order valence-corrected chi connectivity index (χ1v) is 12.9. The van der Waals surface area contributed by atoms with Crippen LogP contribution in [0.15, 0.2) is 104 Å². The lowest BCUT2D eigenvalue weighted by atomic mass is 9.77. The van der Waals surface area contributed by atoms with Gasteiger partial charge in [0.05, 0.1) is 16.3 Å². The average molecular weight is 528 g/mol. The molecule has 39 heavy (non-hydrogen) atoms. The third-order valence-corrected chi connectivity index (χ3v) is 7.81. The third-order valence-electron chi connectivity index (χ3n) is 7.50. The van der Waals surface area contributed by atoms with Gasteiger partial charge >= 0.3 is 5.97 Å². The van der Waals surface area contributed by atoms with Crippen molar-refractivity contribution in [2.75, 3.05) is 5.32 Å². The number of carbonyl (C=O) groups excluding carboxylic acids is 1. The first-order chi connectivity index (χ1) is 19.0. The van der Waals surface area contributed by atoms with E-state index >= 15 is 0 Å². The van der Waals surface area contributed by atoms with E-state index in [-0.39, 0.29) is 5.97 Å². The lowest BCUT2D eigenvalue weighted by Gasteiger charge is -2.37. The van der Waals surface area contributed by atoms with Gasteiger partial charge in [0.15, 0.2) is 5.60 Å². The maximum atomic E-state index is 13.2. The van der Waals surface area contributed by atoms with Crippen molar-refractivity contribution in [3.8, 4) is 11.5 Å². The molecule has 0 aliphatic carbocycles. The van der Waals surface area contributed by atoms with Crippen LogP contribution < -0.4 is 10.1 Å². The van der Waals surface area contributed by atoms with Crippen LogP contribution >= 0.6 is 11.6 Å². The molecule has 1 N–H and O–H groups in total. The van der Waals surface area contributed by atoms with Gasteiger partial charge in [-0.15, -0.1) is 0 Å². The molecule has 2 aliphatic heterocycles. The van der Waals surface area contributed by atoms with Crippen LogP contribution in [0.3, 0.4) is 0 Å². The number of esters is 1. The summed E-state index contributed by atoms with van der Waals surface area (Å²) >= 11 is 6.90. The number of nitrogens with one attached hydrogen (secondary N) is 1. The third kappa shape index (κ3) is 3.35. The number of hydrogen-bond acceptors (Lipinski definition) is 4. The quantitative estimate of drug-likeness (QED) is 0.237. The predicted octanol–water partition coefficient (Wildman–Crippen LogP) is 9.09. The van der Waals surface area contributed by atoms with Gasteiger partial charge in [0, 0.05) is 33.8 Å². The Labute approximate surface area is 230 Å². The zero-order chi connectivity index (χ0) is 26.7. The summed E-state index contributed by atoms with van der Waals surface area (Å²) < 4.78 is 12.9. The van der Waals surface area contributed by atoms with E-state index < -0.39 is 5.60 Å². The van der Waals surface area contributed by atoms with E-state index in [9.17, 15) is 4.79 Å². The summed E-state index contributed by atoms with van der Waals surface area (Å²) in [5.74, 6) is 0.833. The van der Waals surface area contributed by atoms with Crippen LogP contribution in [0, 0.1) is 0 Å². The van der Waals surface area contributed by atoms with Gasteiger partial charge in [-0.05, 0) is 46.8 Å². The van der Waals surface area contributed by atoms with Gasteiger partial charge in [-0.2, -0.15) is 0 Å². The van der Waals surface area contributed by atoms with Gasteiger partial charge in [0.2, 0.25) is 0 Å². The molecule has 2 heterocycles. The number of hydrogen-bond donors (Lipinski definition) is 1. The molecule has 2 aliphatic rings. The Morgan fingerprint density at radius 1 is 0.795 bits per heavy atom. The summed E-state index contributed by atoms with van der Waals surface area (Å²) in [4.78, 5) is 13.2. The summed E-state index contributed by atoms with van der Waals surface area (Å²) in [7, 11) is 0. The van der Waals surface area contributed by atoms with Crippen molar-refractivity contribution < 1.29 is 14.3 Å². The molecule has 7 rings (SSSR count). The number of halogens is 1. The van der Waals surface area contributed by atoms with Crippen molar-refractivity contribution in [1.29, 1.82) is 0 Å². The molecule has 5 heteroatoms. The van der Waals surface area contributed by atoms with Crippen LogP contribution in [0.1, 0.15) is 38.2 Å². The second-order valence-corrected chi connectivity index (χ2v) is 9.99. The highest BCUT2D eigenvalue weighted by atomic mass is 35.5. The Balaban J connectivity index is 1.45. The molecule has 4 nitrogen and oxygen atoms in total. The van der Waals surface area contributed by atoms with E-state index in [2.05, 4.69) is 18.5 Å². The van der Waals surface area contributed by atoms with E-state index in [0.29, 0.717) is 33.3 Å². The van der Waals surface area contributed by atoms with E-state index in [1.54, 1.807) is 18.2 Å². The minimum atomic E-state index is -1.19. The smallest absolute Gasteiger partial charge is 0.340 e. The fourth-order valence-electron chi connectivity index (χ4n) is 5.68. The summed E-state index contributed by atoms with van der Waals surface area (Å²) in [5, 5.41) is 5.84. The molecule has 0 aromatic heterocycles. The van der Waals surface area contributed by atoms with Crippen molar-refractivity contribution in [2.45, 2.75) is 5.60 Å². The summed E-state index contributed by atoms with van der Waals surface area (Å²) in [6.45, 7) is 7.78. The van der Waals surface area contributed by atoms with Gasteiger partial charge in [0.1, 0.15) is 11.5 Å². The molecular formula is C34H22ClNO3. The Morgan fingerprint density at radius 2 is 1.59 bits per heavy atom. The van der Waals surface area contributed by atoms with Gasteiger partial charge in [-0.25, -0.2) is 4.79 Å². The molecule has 5 aromatic rings. The van der Waals surface area contributed by atoms with Crippen LogP contribution in [0.5, 0.6) is 11.5 Å². The fraction of sp³-hybridized carbons (Fsp3) is 0.0294. The standard InChI is InChI=1S/C34H22ClNO3/c1-3-20-13-15-23(17-21(20)4-2)36-30-19-31-28(18-29(30)35)34(26-12-8-7-11-25(26)33(37)39-34)27-16-14-22-9-5-6-10-24(22)32(27)38-31/h3-19,36H,1-2H2. The van der Waals surface area contributed by atoms with Gasteiger partial charge in [-0.1, -0.05) is 91.5 Å². The van der Waals surface area contributed by atoms with Crippen LogP contribution in [-0.4, -0.2) is 5.97 Å². The monoisotopic (exact) mass is 527 g/mol. The second kappa shape index (κ2) is 8.62. The fourth-order valence-corrected chi connectivity index (χ4v) is 5.89. The first-order valence-electron chi connectivity index (χ1n) is 12.6. The van der Waals surface area contributed by atoms with Crippen molar-refractivity contribution in [3.63, 3.8) is 0 Å². The molecule has 5 aromatic carbocycles. The molecule has 0 fully saturated rings. The Bertz CT molecular complexity index is 1870. The molecule has 188 valence electrons. The molecule has 1 spiro atoms. The Kier molecular flexibility index (Phi) is 5.15. The predicted molar refractivity (Wildman–Crippen MR) is 157 cm³/mol. The van der Waals surface area contributed by atoms with Crippen molar-refractivity contribution in [3.05, 3.63) is 143 Å². The largest absolute Gasteiger partial charge is 0.456 e. The SMILES string of the molecule is C=Cc1ccc(Nc2cc3c(cc2Cl)C2(OC(=O)c4ccccc42)c2ccc4ccccc4c2O3)cc1C=C. The van der Waals surface area contributed by atoms with Crippen molar-refractivity contribution in [2.24, 2.45) is 0 Å². The average Bonchev–Trinajstić information content (AvgIpc) is 3.26. The van der Waals surface area contributed by atoms with E-state index in [1.807, 2.05) is 84.9 Å². The lowest BCUT2D eigenvalue weighted by molar-refractivity contribution is 0.0225. The number of benzene rings is 5. The molecular weight excluding hydrogens is 506 g/mol. The van der Waals surface area contributed by atoms with Gasteiger partial charge in [-0.3, -0.25) is 0 Å². The maximum Gasteiger partial charge on any atom is 0.340 e. The first kappa shape index (κ1) is 23.3. The van der Waals surface area contributed by atoms with Crippen LogP contribution in [0.2, 0.25) is 5.02 Å². The molecule has 0 bridgehead atoms. The topological polar surface area (TPSA) is 47.6 Å². The summed E-state index contributed by atoms with van der Waals surface area (Å²) in [6.07, 6.45) is 3.58. The van der Waals surface area contributed by atoms with E-state index in [0.717, 1.165) is 38.7 Å². The zero-order valence-electron chi connectivity index (χ0n) is 20.8. The molecule has 1 atom stereocenters. The second-order valence-electron chi connectivity index (χ2n) is 9.59. The van der Waals surface area contributed by atoms with Gasteiger partial charge in [0.25, 0.3) is 0 Å². The molecule has 0 amide bonds. The van der Waals surface area contributed by atoms with E-state index in [1.165, 1.54) is 0 Å². The highest BCUT2D eigenvalue weighted by Crippen LogP contribution is 2.58. The number of anilines is 2. The highest BCUT2D eigenvalue weighted by Gasteiger charge is 2.54. The number of carbonyl (C=O) groups is 1. The van der Waals surface area contributed by atoms with Crippen molar-refractivity contribution >= 4 is 51.9 Å². The van der Waals surface area contributed by atoms with Crippen molar-refractivity contribution in [1.82, 2.24) is 0 Å². The maximum absolute atomic E-state index is 13.2. The number of rotatable bonds is 4. The van der Waals surface area contributed by atoms with Gasteiger partial charge < -0.3 is 14.8 Å². The normalized spacial score (nSPS) is 16.6. The highest BCUT2D eigenvalue weighted by molar-refractivity contribution is 6.33. The minimum absolute atomic E-state index is 0.379. The summed E-state index contributed by atoms with van der Waals surface area (Å²) in [5.41, 5.74) is 4.99. The Hall–Kier alpha value is -4.80. The van der Waals surface area contributed by atoms with Crippen LogP contribution in [0.4, 0.5) is 11.4 Å². The molecule has 1 unspecified atom stereocenters. The lowest BCUT2D eigenvalue weighted by Crippen LogP contribution is -2.33. The molecule has 0 saturated heterocycles.